The zero-order valence-electron chi connectivity index (χ0n) is 46.6. The van der Waals surface area contributed by atoms with E-state index in [4.69, 9.17) is 37.9 Å². The van der Waals surface area contributed by atoms with Gasteiger partial charge in [0.1, 0.15) is 85.5 Å². The van der Waals surface area contributed by atoms with Crippen LogP contribution in [0.15, 0.2) is 11.6 Å². The number of aliphatic hydroxyl groups excluding tert-OH is 14. The lowest BCUT2D eigenvalue weighted by Crippen LogP contribution is -2.67. The van der Waals surface area contributed by atoms with Crippen LogP contribution in [0.5, 0.6) is 0 Å². The smallest absolute Gasteiger partial charge is 0.187 e. The first kappa shape index (κ1) is 62.9. The number of hydrogen-bond donors (Lipinski definition) is 15. The predicted octanol–water partition coefficient (Wildman–Crippen LogP) is -1.96. The molecular weight excluding hydrogens is 1030 g/mol. The average Bonchev–Trinajstić information content (AvgIpc) is 2.57. The van der Waals surface area contributed by atoms with Crippen LogP contribution in [0, 0.1) is 51.2 Å². The molecule has 4 saturated heterocycles. The Bertz CT molecular complexity index is 2020. The molecule has 0 aromatic carbocycles. The molecule has 78 heavy (non-hydrogen) atoms. The monoisotopic (exact) mass is 1120 g/mol. The van der Waals surface area contributed by atoms with Crippen LogP contribution in [-0.2, 0) is 37.9 Å². The van der Waals surface area contributed by atoms with E-state index in [9.17, 15) is 76.6 Å². The molecule has 4 aliphatic carbocycles. The molecule has 23 heteroatoms. The Hall–Kier alpha value is -1.18. The summed E-state index contributed by atoms with van der Waals surface area (Å²) in [5.41, 5.74) is -1.98. The van der Waals surface area contributed by atoms with Gasteiger partial charge in [0, 0.05) is 16.7 Å². The maximum absolute atomic E-state index is 12.7. The molecule has 0 bridgehead atoms. The third-order valence-corrected chi connectivity index (χ3v) is 21.2. The van der Waals surface area contributed by atoms with Gasteiger partial charge in [-0.05, 0) is 99.7 Å². The quantitative estimate of drug-likeness (QED) is 0.0704. The maximum Gasteiger partial charge on any atom is 0.187 e. The number of hydrogen-bond acceptors (Lipinski definition) is 23. The highest BCUT2D eigenvalue weighted by molar-refractivity contribution is 5.32. The molecule has 4 aliphatic heterocycles. The van der Waals surface area contributed by atoms with Crippen molar-refractivity contribution in [2.24, 2.45) is 51.2 Å². The standard InChI is InChI=1S/C55H94O23/c1-23(25-16-17-53(7)32-13-11-26-27(55(32,9)33(60)18-54(25,53)8)12-15-34(51(26,3)4)75-48-42(67)40(65)38(63)29(20-57)72-48)10-14-35(52(5,6)70)76-50-46(78-49-43(68)41(66)39(64)30(21-58)73-49)44(69)45(31(22-59)74-50)77-47-37(62)24(2)36(61)28(19-56)71-47/h11,23-25,27-50,56-70H,10,12-22H2,1-9H3/t23-,24+,25?,27?,28-,29-,30-,31-,32?,33-,34+,35-,36+,37-,38-,39-,40+,41+,42-,43-,44+,45-,46-,47-,48+,49+,50+,53+,54-,55+/m1/s1. The van der Waals surface area contributed by atoms with Crippen LogP contribution in [-0.4, -0.2) is 244 Å². The summed E-state index contributed by atoms with van der Waals surface area (Å²) in [5.74, 6) is -0.589. The molecule has 3 unspecified atom stereocenters. The van der Waals surface area contributed by atoms with E-state index in [-0.39, 0.29) is 40.9 Å². The van der Waals surface area contributed by atoms with Gasteiger partial charge in [0.25, 0.3) is 0 Å². The Morgan fingerprint density at radius 2 is 1.10 bits per heavy atom. The van der Waals surface area contributed by atoms with E-state index >= 15 is 0 Å². The fourth-order valence-corrected chi connectivity index (χ4v) is 15.9. The molecule has 0 spiro atoms. The Balaban J connectivity index is 0.995. The molecule has 8 rings (SSSR count). The SMILES string of the molecule is C[C@@H]1[C@@H](O)[C@@H](O[C@H]2[C@H](O)[C@@H](O[C@@H]3O[C@H](CO)[C@@H](O)[C@H](O)[C@H]3O)[C@H](O[C@H](CC[C@@H](C)C3CC[C@@]4(C)C5CC=C6C(CC[C@H](O[C@@H]7O[C@H](CO)[C@@H](O)[C@H](O)[C@H]7O)C6(C)C)[C@]5(C)[C@H](O)C[C@]34C)C(C)(C)O)O[C@@H]2CO)O[C@H](CO)[C@H]1O. The molecule has 8 aliphatic rings. The molecular formula is C55H94O23. The van der Waals surface area contributed by atoms with Crippen LogP contribution < -0.4 is 0 Å². The normalized spacial score (nSPS) is 51.4. The van der Waals surface area contributed by atoms with Crippen molar-refractivity contribution < 1.29 is 114 Å². The lowest BCUT2D eigenvalue weighted by molar-refractivity contribution is -0.392. The van der Waals surface area contributed by atoms with Crippen molar-refractivity contribution in [3.05, 3.63) is 11.6 Å². The number of rotatable bonds is 17. The van der Waals surface area contributed by atoms with Crippen molar-refractivity contribution in [3.63, 3.8) is 0 Å². The Kier molecular flexibility index (Phi) is 19.1. The van der Waals surface area contributed by atoms with E-state index in [1.165, 1.54) is 12.5 Å². The number of fused-ring (bicyclic) bond motifs is 5. The van der Waals surface area contributed by atoms with Crippen LogP contribution in [0.4, 0.5) is 0 Å². The van der Waals surface area contributed by atoms with Crippen LogP contribution in [0.25, 0.3) is 0 Å². The summed E-state index contributed by atoms with van der Waals surface area (Å²) in [6, 6.07) is 0. The summed E-state index contributed by atoms with van der Waals surface area (Å²) >= 11 is 0. The fraction of sp³-hybridized carbons (Fsp3) is 0.964. The summed E-state index contributed by atoms with van der Waals surface area (Å²) in [5, 5.41) is 163. The molecule has 0 aromatic rings. The summed E-state index contributed by atoms with van der Waals surface area (Å²) in [6.07, 6.45) is -24.2. The first-order chi connectivity index (χ1) is 36.5. The number of allylic oxidation sites excluding steroid dienone is 1. The van der Waals surface area contributed by atoms with E-state index in [1.807, 2.05) is 0 Å². The van der Waals surface area contributed by atoms with Gasteiger partial charge in [0.2, 0.25) is 0 Å². The zero-order chi connectivity index (χ0) is 57.5. The second-order valence-electron chi connectivity index (χ2n) is 26.2. The van der Waals surface area contributed by atoms with Gasteiger partial charge in [0.05, 0.1) is 56.4 Å². The topological polar surface area (TPSA) is 377 Å². The molecule has 30 atom stereocenters. The van der Waals surface area contributed by atoms with Gasteiger partial charge < -0.3 is 114 Å². The van der Waals surface area contributed by atoms with Gasteiger partial charge in [-0.2, -0.15) is 0 Å². The Morgan fingerprint density at radius 1 is 0.590 bits per heavy atom. The van der Waals surface area contributed by atoms with Crippen molar-refractivity contribution in [1.29, 1.82) is 0 Å². The molecule has 4 heterocycles. The second-order valence-corrected chi connectivity index (χ2v) is 26.2. The molecule has 0 amide bonds. The molecule has 23 nitrogen and oxygen atoms in total. The van der Waals surface area contributed by atoms with E-state index < -0.39 is 184 Å². The molecule has 3 saturated carbocycles. The van der Waals surface area contributed by atoms with Gasteiger partial charge in [-0.25, -0.2) is 0 Å². The zero-order valence-corrected chi connectivity index (χ0v) is 46.6. The van der Waals surface area contributed by atoms with Crippen molar-refractivity contribution in [2.45, 2.75) is 254 Å². The second kappa shape index (κ2) is 23.7. The number of aliphatic hydroxyl groups is 15. The van der Waals surface area contributed by atoms with Gasteiger partial charge in [-0.1, -0.05) is 60.1 Å². The minimum absolute atomic E-state index is 0.0169. The van der Waals surface area contributed by atoms with Crippen LogP contribution in [0.2, 0.25) is 0 Å². The lowest BCUT2D eigenvalue weighted by atomic mass is 9.38. The summed E-state index contributed by atoms with van der Waals surface area (Å²) in [7, 11) is 0. The molecule has 15 N–H and O–H groups in total. The summed E-state index contributed by atoms with van der Waals surface area (Å²) < 4.78 is 48.7. The van der Waals surface area contributed by atoms with Gasteiger partial charge in [-0.15, -0.1) is 0 Å². The molecule has 0 aromatic heterocycles. The Labute approximate surface area is 457 Å². The van der Waals surface area contributed by atoms with Crippen molar-refractivity contribution >= 4 is 0 Å². The van der Waals surface area contributed by atoms with Crippen LogP contribution in [0.3, 0.4) is 0 Å². The summed E-state index contributed by atoms with van der Waals surface area (Å²) in [6.45, 7) is 15.1. The van der Waals surface area contributed by atoms with Gasteiger partial charge in [-0.3, -0.25) is 0 Å². The minimum atomic E-state index is -1.93. The average molecular weight is 1120 g/mol. The predicted molar refractivity (Wildman–Crippen MR) is 271 cm³/mol. The molecule has 0 radical (unpaired) electrons. The van der Waals surface area contributed by atoms with E-state index in [2.05, 4.69) is 47.6 Å². The summed E-state index contributed by atoms with van der Waals surface area (Å²) in [4.78, 5) is 0. The third-order valence-electron chi connectivity index (χ3n) is 21.2. The van der Waals surface area contributed by atoms with E-state index in [0.29, 0.717) is 25.7 Å². The van der Waals surface area contributed by atoms with E-state index in [1.54, 1.807) is 13.8 Å². The first-order valence-electron chi connectivity index (χ1n) is 28.4. The Morgan fingerprint density at radius 3 is 1.65 bits per heavy atom. The fourth-order valence-electron chi connectivity index (χ4n) is 15.9. The van der Waals surface area contributed by atoms with Crippen molar-refractivity contribution in [2.75, 3.05) is 26.4 Å². The maximum atomic E-state index is 12.7. The minimum Gasteiger partial charge on any atom is -0.394 e. The van der Waals surface area contributed by atoms with Crippen molar-refractivity contribution in [3.8, 4) is 0 Å². The van der Waals surface area contributed by atoms with Crippen LogP contribution in [0.1, 0.15) is 114 Å². The highest BCUT2D eigenvalue weighted by atomic mass is 16.8. The van der Waals surface area contributed by atoms with Crippen molar-refractivity contribution in [1.82, 2.24) is 0 Å². The lowest BCUT2D eigenvalue weighted by Gasteiger charge is -2.67. The number of ether oxygens (including phenoxy) is 8. The molecule has 7 fully saturated rings. The highest BCUT2D eigenvalue weighted by Crippen LogP contribution is 2.75. The van der Waals surface area contributed by atoms with E-state index in [0.717, 1.165) is 19.3 Å². The van der Waals surface area contributed by atoms with Crippen LogP contribution >= 0.6 is 0 Å². The highest BCUT2D eigenvalue weighted by Gasteiger charge is 2.70. The van der Waals surface area contributed by atoms with Gasteiger partial charge >= 0.3 is 0 Å². The molecule has 452 valence electrons. The largest absolute Gasteiger partial charge is 0.394 e. The third kappa shape index (κ3) is 10.9. The first-order valence-corrected chi connectivity index (χ1v) is 28.4. The van der Waals surface area contributed by atoms with Gasteiger partial charge in [0.15, 0.2) is 25.2 Å².